The van der Waals surface area contributed by atoms with Gasteiger partial charge in [0.15, 0.2) is 0 Å². The smallest absolute Gasteiger partial charge is 0.309 e. The number of fused-ring (bicyclic) bond motifs is 6. The molecule has 8 aromatic carbocycles. The lowest BCUT2D eigenvalue weighted by Crippen LogP contribution is -2.13. The van der Waals surface area contributed by atoms with Gasteiger partial charge in [0, 0.05) is 27.1 Å². The average Bonchev–Trinajstić information content (AvgIpc) is 3.77. The summed E-state index contributed by atoms with van der Waals surface area (Å²) in [6, 6.07) is 50.1. The maximum atomic E-state index is 15.2. The van der Waals surface area contributed by atoms with Crippen LogP contribution in [0.4, 0.5) is 26.3 Å². The molecule has 0 saturated carbocycles. The van der Waals surface area contributed by atoms with Gasteiger partial charge in [-0.05, 0) is 113 Å². The summed E-state index contributed by atoms with van der Waals surface area (Å²) in [6.07, 6.45) is -10.2. The second-order valence-electron chi connectivity index (χ2n) is 15.6. The Morgan fingerprint density at radius 2 is 0.903 bits per heavy atom. The summed E-state index contributed by atoms with van der Waals surface area (Å²) in [5.41, 5.74) is 6.06. The van der Waals surface area contributed by atoms with E-state index in [0.717, 1.165) is 61.0 Å². The number of benzene rings is 8. The molecule has 0 atom stereocenters. The molecule has 0 aliphatic carbocycles. The highest BCUT2D eigenvalue weighted by Gasteiger charge is 2.39. The van der Waals surface area contributed by atoms with Crippen molar-refractivity contribution < 1.29 is 26.3 Å². The van der Waals surface area contributed by atoms with Gasteiger partial charge in [0.2, 0.25) is 0 Å². The van der Waals surface area contributed by atoms with Crippen molar-refractivity contribution in [3.8, 4) is 50.8 Å². The summed E-state index contributed by atoms with van der Waals surface area (Å²) < 4.78 is 91.7. The fourth-order valence-corrected chi connectivity index (χ4v) is 9.04. The van der Waals surface area contributed by atoms with E-state index >= 15 is 13.2 Å². The Labute approximate surface area is 351 Å². The quantitative estimate of drug-likeness (QED) is 0.159. The number of hydrogen-bond acceptors (Lipinski definition) is 1. The Balaban J connectivity index is 1.32. The number of halogens is 6. The molecule has 302 valence electrons. The molecule has 0 spiro atoms. The Bertz CT molecular complexity index is 3490. The molecule has 9 heteroatoms. The predicted octanol–water partition coefficient (Wildman–Crippen LogP) is 15.4. The van der Waals surface area contributed by atoms with Crippen molar-refractivity contribution in [2.75, 3.05) is 0 Å². The lowest BCUT2D eigenvalue weighted by Gasteiger charge is -2.22. The van der Waals surface area contributed by atoms with Gasteiger partial charge in [-0.1, -0.05) is 103 Å². The van der Waals surface area contributed by atoms with Crippen molar-refractivity contribution in [3.63, 3.8) is 0 Å². The molecule has 0 fully saturated rings. The van der Waals surface area contributed by atoms with Gasteiger partial charge >= 0.3 is 12.4 Å². The standard InChI is InChI=1S/C53H33F6N3/c1-31-11-3-5-13-37(31)33-19-23-48-42(25-33)40-15-7-9-17-46(40)61(48)50-29-44(39-22-21-36(52(54,55)56)28-45(39)53(57,58)59)51(27-35(50)30-60)62-47-18-10-8-16-41(47)43-26-34(20-24-49(43)62)38-14-6-4-12-32(38)2/h3-29H,1-2H3. The van der Waals surface area contributed by atoms with E-state index in [2.05, 4.69) is 12.1 Å². The van der Waals surface area contributed by atoms with Crippen molar-refractivity contribution in [2.45, 2.75) is 26.2 Å². The molecule has 0 amide bonds. The average molecular weight is 826 g/mol. The van der Waals surface area contributed by atoms with Crippen LogP contribution < -0.4 is 0 Å². The molecular weight excluding hydrogens is 793 g/mol. The molecule has 0 saturated heterocycles. The van der Waals surface area contributed by atoms with E-state index in [0.29, 0.717) is 28.1 Å². The summed E-state index contributed by atoms with van der Waals surface area (Å²) in [7, 11) is 0. The number of hydrogen-bond donors (Lipinski definition) is 0. The monoisotopic (exact) mass is 825 g/mol. The molecule has 10 aromatic rings. The summed E-state index contributed by atoms with van der Waals surface area (Å²) in [4.78, 5) is 0. The largest absolute Gasteiger partial charge is 0.417 e. The fraction of sp³-hybridized carbons (Fsp3) is 0.0755. The van der Waals surface area contributed by atoms with E-state index in [9.17, 15) is 18.4 Å². The van der Waals surface area contributed by atoms with Gasteiger partial charge in [0.05, 0.1) is 50.1 Å². The van der Waals surface area contributed by atoms with E-state index in [1.807, 2.05) is 150 Å². The van der Waals surface area contributed by atoms with Gasteiger partial charge in [-0.15, -0.1) is 0 Å². The van der Waals surface area contributed by atoms with Gasteiger partial charge in [-0.25, -0.2) is 0 Å². The Morgan fingerprint density at radius 1 is 0.419 bits per heavy atom. The lowest BCUT2D eigenvalue weighted by molar-refractivity contribution is -0.142. The SMILES string of the molecule is Cc1ccccc1-c1ccc2c(c1)c1ccccc1n2-c1cc(-c2ccc(C(F)(F)F)cc2C(F)(F)F)c(-n2c3ccccc3c3cc(-c4ccccc4C)ccc32)cc1C#N. The predicted molar refractivity (Wildman–Crippen MR) is 236 cm³/mol. The molecule has 3 nitrogen and oxygen atoms in total. The van der Waals surface area contributed by atoms with Crippen LogP contribution in [0.2, 0.25) is 0 Å². The molecule has 0 bridgehead atoms. The van der Waals surface area contributed by atoms with Crippen LogP contribution in [0, 0.1) is 25.2 Å². The third-order valence-corrected chi connectivity index (χ3v) is 11.9. The van der Waals surface area contributed by atoms with Crippen LogP contribution in [0.5, 0.6) is 0 Å². The van der Waals surface area contributed by atoms with Gasteiger partial charge in [-0.2, -0.15) is 31.6 Å². The molecule has 10 rings (SSSR count). The molecule has 0 aliphatic rings. The van der Waals surface area contributed by atoms with Crippen LogP contribution in [0.15, 0.2) is 164 Å². The normalized spacial score (nSPS) is 12.2. The minimum absolute atomic E-state index is 0.00635. The van der Waals surface area contributed by atoms with E-state index in [1.165, 1.54) is 6.07 Å². The van der Waals surface area contributed by atoms with Crippen molar-refractivity contribution in [2.24, 2.45) is 0 Å². The number of para-hydroxylation sites is 2. The van der Waals surface area contributed by atoms with Gasteiger partial charge in [0.25, 0.3) is 0 Å². The van der Waals surface area contributed by atoms with Crippen LogP contribution in [0.1, 0.15) is 27.8 Å². The minimum Gasteiger partial charge on any atom is -0.309 e. The number of nitriles is 1. The van der Waals surface area contributed by atoms with E-state index in [1.54, 1.807) is 6.07 Å². The van der Waals surface area contributed by atoms with Crippen LogP contribution in [-0.4, -0.2) is 9.13 Å². The first kappa shape index (κ1) is 38.6. The number of alkyl halides is 6. The Morgan fingerprint density at radius 3 is 1.40 bits per heavy atom. The number of nitrogens with zero attached hydrogens (tertiary/aromatic N) is 3. The van der Waals surface area contributed by atoms with Crippen molar-refractivity contribution in [1.82, 2.24) is 9.13 Å². The zero-order valence-electron chi connectivity index (χ0n) is 33.2. The van der Waals surface area contributed by atoms with Crippen LogP contribution in [-0.2, 0) is 12.4 Å². The number of aryl methyl sites for hydroxylation is 2. The number of aromatic nitrogens is 2. The molecule has 0 radical (unpaired) electrons. The van der Waals surface area contributed by atoms with E-state index < -0.39 is 29.0 Å². The minimum atomic E-state index is -5.18. The zero-order chi connectivity index (χ0) is 43.1. The maximum absolute atomic E-state index is 15.2. The fourth-order valence-electron chi connectivity index (χ4n) is 9.04. The summed E-state index contributed by atoms with van der Waals surface area (Å²) in [5.74, 6) is 0. The van der Waals surface area contributed by atoms with Crippen LogP contribution in [0.3, 0.4) is 0 Å². The second-order valence-corrected chi connectivity index (χ2v) is 15.6. The zero-order valence-corrected chi connectivity index (χ0v) is 33.2. The molecule has 0 N–H and O–H groups in total. The lowest BCUT2D eigenvalue weighted by atomic mass is 9.93. The molecular formula is C53H33F6N3. The van der Waals surface area contributed by atoms with Crippen molar-refractivity contribution >= 4 is 43.6 Å². The van der Waals surface area contributed by atoms with Crippen LogP contribution in [0.25, 0.3) is 88.4 Å². The molecule has 62 heavy (non-hydrogen) atoms. The highest BCUT2D eigenvalue weighted by atomic mass is 19.4. The summed E-state index contributed by atoms with van der Waals surface area (Å²) in [6.45, 7) is 4.05. The molecule has 2 aromatic heterocycles. The molecule has 2 heterocycles. The van der Waals surface area contributed by atoms with E-state index in [4.69, 9.17) is 0 Å². The van der Waals surface area contributed by atoms with Crippen LogP contribution >= 0.6 is 0 Å². The first-order valence-corrected chi connectivity index (χ1v) is 19.9. The topological polar surface area (TPSA) is 33.6 Å². The second kappa shape index (κ2) is 14.3. The molecule has 0 unspecified atom stereocenters. The van der Waals surface area contributed by atoms with Gasteiger partial charge < -0.3 is 9.13 Å². The summed E-state index contributed by atoms with van der Waals surface area (Å²) >= 11 is 0. The highest BCUT2D eigenvalue weighted by Crippen LogP contribution is 2.47. The van der Waals surface area contributed by atoms with Crippen molar-refractivity contribution in [1.29, 1.82) is 5.26 Å². The Hall–Kier alpha value is -7.57. The maximum Gasteiger partial charge on any atom is 0.417 e. The van der Waals surface area contributed by atoms with Gasteiger partial charge in [0.1, 0.15) is 6.07 Å². The first-order chi connectivity index (χ1) is 29.8. The van der Waals surface area contributed by atoms with Crippen molar-refractivity contribution in [3.05, 3.63) is 192 Å². The first-order valence-electron chi connectivity index (χ1n) is 19.9. The van der Waals surface area contributed by atoms with Gasteiger partial charge in [-0.3, -0.25) is 0 Å². The Kier molecular flexibility index (Phi) is 8.89. The highest BCUT2D eigenvalue weighted by molar-refractivity contribution is 6.12. The third-order valence-electron chi connectivity index (χ3n) is 11.9. The number of rotatable bonds is 5. The third kappa shape index (κ3) is 6.21. The molecule has 0 aliphatic heterocycles. The summed E-state index contributed by atoms with van der Waals surface area (Å²) in [5, 5.41) is 14.3. The van der Waals surface area contributed by atoms with E-state index in [-0.39, 0.29) is 28.6 Å².